The van der Waals surface area contributed by atoms with Crippen molar-refractivity contribution in [3.63, 3.8) is 0 Å². The van der Waals surface area contributed by atoms with E-state index in [1.807, 2.05) is 6.07 Å². The summed E-state index contributed by atoms with van der Waals surface area (Å²) >= 11 is 0. The number of carbonyl (C=O) groups is 1. The highest BCUT2D eigenvalue weighted by Gasteiger charge is 2.21. The van der Waals surface area contributed by atoms with Crippen molar-refractivity contribution in [2.24, 2.45) is 0 Å². The van der Waals surface area contributed by atoms with Gasteiger partial charge in [0.1, 0.15) is 5.69 Å². The summed E-state index contributed by atoms with van der Waals surface area (Å²) in [5, 5.41) is 3.11. The van der Waals surface area contributed by atoms with Crippen LogP contribution >= 0.6 is 0 Å². The number of H-pyrrole nitrogens is 2. The van der Waals surface area contributed by atoms with Gasteiger partial charge in [0, 0.05) is 12.2 Å². The van der Waals surface area contributed by atoms with Crippen LogP contribution in [-0.2, 0) is 0 Å². The molecular weight excluding hydrogens is 292 g/mol. The highest BCUT2D eigenvalue weighted by atomic mass is 16.2. The lowest BCUT2D eigenvalue weighted by atomic mass is 9.95. The summed E-state index contributed by atoms with van der Waals surface area (Å²) in [5.74, 6) is 0.330. The van der Waals surface area contributed by atoms with Gasteiger partial charge in [0.15, 0.2) is 11.5 Å². The summed E-state index contributed by atoms with van der Waals surface area (Å²) in [6, 6.07) is 2.08. The van der Waals surface area contributed by atoms with Gasteiger partial charge >= 0.3 is 0 Å². The van der Waals surface area contributed by atoms with Gasteiger partial charge in [-0.3, -0.25) is 4.79 Å². The van der Waals surface area contributed by atoms with Gasteiger partial charge < -0.3 is 15.3 Å². The number of hydrogen-bond acceptors (Lipinski definition) is 4. The molecule has 0 spiro atoms. The second kappa shape index (κ2) is 5.83. The molecule has 1 aliphatic rings. The Bertz CT molecular complexity index is 816. The molecule has 1 fully saturated rings. The molecule has 3 N–H and O–H groups in total. The number of aromatic amines is 2. The van der Waals surface area contributed by atoms with E-state index in [4.69, 9.17) is 0 Å². The Labute approximate surface area is 133 Å². The van der Waals surface area contributed by atoms with E-state index in [2.05, 4.69) is 30.2 Å². The van der Waals surface area contributed by atoms with Gasteiger partial charge in [0.25, 0.3) is 5.91 Å². The molecule has 0 atom stereocenters. The van der Waals surface area contributed by atoms with Crippen LogP contribution in [0.4, 0.5) is 0 Å². The molecule has 1 amide bonds. The summed E-state index contributed by atoms with van der Waals surface area (Å²) in [7, 11) is 0. The number of fused-ring (bicyclic) bond motifs is 1. The summed E-state index contributed by atoms with van der Waals surface area (Å²) in [4.78, 5) is 31.7. The van der Waals surface area contributed by atoms with E-state index in [1.165, 1.54) is 19.3 Å². The van der Waals surface area contributed by atoms with Crippen molar-refractivity contribution in [2.45, 2.75) is 38.1 Å². The van der Waals surface area contributed by atoms with E-state index in [9.17, 15) is 4.79 Å². The van der Waals surface area contributed by atoms with Gasteiger partial charge in [-0.1, -0.05) is 19.3 Å². The molecule has 0 radical (unpaired) electrons. The molecule has 3 aromatic heterocycles. The van der Waals surface area contributed by atoms with E-state index in [0.717, 1.165) is 18.4 Å². The third kappa shape index (κ3) is 2.69. The first kappa shape index (κ1) is 13.9. The van der Waals surface area contributed by atoms with Crippen molar-refractivity contribution in [3.8, 4) is 11.5 Å². The minimum atomic E-state index is -0.146. The molecule has 3 heterocycles. The summed E-state index contributed by atoms with van der Waals surface area (Å²) in [5.41, 5.74) is 2.47. The third-order valence-electron chi connectivity index (χ3n) is 4.30. The number of nitrogens with zero attached hydrogens (tertiary/aromatic N) is 3. The van der Waals surface area contributed by atoms with Crippen LogP contribution in [-0.4, -0.2) is 36.9 Å². The normalized spacial score (nSPS) is 15.8. The number of rotatable bonds is 3. The SMILES string of the molecule is O=C(NC1CCCCC1)c1nc(-c2cnc[nH]2)nc2cc[nH]c12. The second-order valence-electron chi connectivity index (χ2n) is 5.91. The van der Waals surface area contributed by atoms with Gasteiger partial charge in [-0.15, -0.1) is 0 Å². The predicted molar refractivity (Wildman–Crippen MR) is 85.8 cm³/mol. The lowest BCUT2D eigenvalue weighted by Gasteiger charge is -2.22. The van der Waals surface area contributed by atoms with Crippen LogP contribution in [0.5, 0.6) is 0 Å². The molecule has 23 heavy (non-hydrogen) atoms. The number of nitrogens with one attached hydrogen (secondary N) is 3. The Balaban J connectivity index is 1.69. The van der Waals surface area contributed by atoms with Crippen LogP contribution < -0.4 is 5.32 Å². The van der Waals surface area contributed by atoms with Crippen LogP contribution in [0.15, 0.2) is 24.8 Å². The molecule has 0 unspecified atom stereocenters. The molecule has 7 heteroatoms. The van der Waals surface area contributed by atoms with Crippen molar-refractivity contribution in [1.82, 2.24) is 30.2 Å². The Morgan fingerprint density at radius 3 is 2.83 bits per heavy atom. The van der Waals surface area contributed by atoms with Gasteiger partial charge in [-0.25, -0.2) is 15.0 Å². The van der Waals surface area contributed by atoms with Crippen molar-refractivity contribution in [1.29, 1.82) is 0 Å². The first-order valence-electron chi connectivity index (χ1n) is 7.96. The monoisotopic (exact) mass is 310 g/mol. The Morgan fingerprint density at radius 2 is 2.04 bits per heavy atom. The fourth-order valence-electron chi connectivity index (χ4n) is 3.11. The van der Waals surface area contributed by atoms with Gasteiger partial charge in [-0.2, -0.15) is 0 Å². The van der Waals surface area contributed by atoms with Gasteiger partial charge in [0.05, 0.1) is 23.6 Å². The van der Waals surface area contributed by atoms with E-state index >= 15 is 0 Å². The summed E-state index contributed by atoms with van der Waals surface area (Å²) in [6.07, 6.45) is 10.7. The van der Waals surface area contributed by atoms with Crippen LogP contribution in [0.25, 0.3) is 22.6 Å². The lowest BCUT2D eigenvalue weighted by molar-refractivity contribution is 0.0924. The number of carbonyl (C=O) groups excluding carboxylic acids is 1. The molecule has 4 rings (SSSR count). The first-order chi connectivity index (χ1) is 11.3. The highest BCUT2D eigenvalue weighted by Crippen LogP contribution is 2.21. The third-order valence-corrected chi connectivity index (χ3v) is 4.30. The van der Waals surface area contributed by atoms with Gasteiger partial charge in [0.2, 0.25) is 0 Å². The number of hydrogen-bond donors (Lipinski definition) is 3. The van der Waals surface area contributed by atoms with Crippen molar-refractivity contribution in [2.75, 3.05) is 0 Å². The molecule has 1 aliphatic carbocycles. The maximum absolute atomic E-state index is 12.7. The van der Waals surface area contributed by atoms with E-state index in [1.54, 1.807) is 18.7 Å². The molecule has 3 aromatic rings. The zero-order valence-electron chi connectivity index (χ0n) is 12.7. The fourth-order valence-corrected chi connectivity index (χ4v) is 3.11. The Hall–Kier alpha value is -2.70. The predicted octanol–water partition coefficient (Wildman–Crippen LogP) is 2.41. The molecule has 118 valence electrons. The average molecular weight is 310 g/mol. The van der Waals surface area contributed by atoms with Crippen molar-refractivity contribution < 1.29 is 4.79 Å². The smallest absolute Gasteiger partial charge is 0.272 e. The van der Waals surface area contributed by atoms with E-state index in [-0.39, 0.29) is 11.9 Å². The zero-order chi connectivity index (χ0) is 15.6. The minimum Gasteiger partial charge on any atom is -0.358 e. The van der Waals surface area contributed by atoms with Crippen molar-refractivity contribution in [3.05, 3.63) is 30.5 Å². The molecule has 0 saturated heterocycles. The molecule has 0 aliphatic heterocycles. The molecule has 0 aromatic carbocycles. The largest absolute Gasteiger partial charge is 0.358 e. The summed E-state index contributed by atoms with van der Waals surface area (Å²) in [6.45, 7) is 0. The Kier molecular flexibility index (Phi) is 3.53. The number of aromatic nitrogens is 5. The van der Waals surface area contributed by atoms with E-state index in [0.29, 0.717) is 22.7 Å². The molecular formula is C16H18N6O. The molecule has 7 nitrogen and oxygen atoms in total. The topological polar surface area (TPSA) is 99.3 Å². The molecule has 0 bridgehead atoms. The fraction of sp³-hybridized carbons (Fsp3) is 0.375. The first-order valence-corrected chi connectivity index (χ1v) is 7.96. The van der Waals surface area contributed by atoms with Crippen LogP contribution in [0.1, 0.15) is 42.6 Å². The number of amides is 1. The minimum absolute atomic E-state index is 0.146. The van der Waals surface area contributed by atoms with Crippen LogP contribution in [0.2, 0.25) is 0 Å². The Morgan fingerprint density at radius 1 is 1.17 bits per heavy atom. The standard InChI is InChI=1S/C16H18N6O/c23-16(20-10-4-2-1-3-5-10)14-13-11(6-7-18-13)21-15(22-14)12-8-17-9-19-12/h6-10,18H,1-5H2,(H,17,19)(H,20,23). The molecule has 1 saturated carbocycles. The average Bonchev–Trinajstić information content (AvgIpc) is 3.26. The van der Waals surface area contributed by atoms with Gasteiger partial charge in [-0.05, 0) is 18.9 Å². The van der Waals surface area contributed by atoms with Crippen LogP contribution in [0, 0.1) is 0 Å². The highest BCUT2D eigenvalue weighted by molar-refractivity contribution is 6.03. The maximum atomic E-state index is 12.7. The van der Waals surface area contributed by atoms with E-state index < -0.39 is 0 Å². The summed E-state index contributed by atoms with van der Waals surface area (Å²) < 4.78 is 0. The number of imidazole rings is 1. The van der Waals surface area contributed by atoms with Crippen LogP contribution in [0.3, 0.4) is 0 Å². The quantitative estimate of drug-likeness (QED) is 0.691. The maximum Gasteiger partial charge on any atom is 0.272 e. The zero-order valence-corrected chi connectivity index (χ0v) is 12.7. The second-order valence-corrected chi connectivity index (χ2v) is 5.91. The lowest BCUT2D eigenvalue weighted by Crippen LogP contribution is -2.36. The van der Waals surface area contributed by atoms with Crippen molar-refractivity contribution >= 4 is 16.9 Å².